The van der Waals surface area contributed by atoms with E-state index in [0.717, 1.165) is 0 Å². The number of carbonyl (C=O) groups is 1. The summed E-state index contributed by atoms with van der Waals surface area (Å²) >= 11 is 0. The Balaban J connectivity index is 3.42. The zero-order valence-electron chi connectivity index (χ0n) is 7.81. The van der Waals surface area contributed by atoms with Crippen LogP contribution in [0.3, 0.4) is 0 Å². The zero-order chi connectivity index (χ0) is 10.7. The van der Waals surface area contributed by atoms with Gasteiger partial charge < -0.3 is 4.74 Å². The molecule has 0 fully saturated rings. The molecule has 0 radical (unpaired) electrons. The molecule has 0 unspecified atom stereocenters. The number of hydrogen-bond acceptors (Lipinski definition) is 4. The fourth-order valence-corrected chi connectivity index (χ4v) is 1.25. The lowest BCUT2D eigenvalue weighted by Crippen LogP contribution is -1.97. The van der Waals surface area contributed by atoms with Crippen LogP contribution < -0.4 is 4.74 Å². The minimum atomic E-state index is -0.571. The van der Waals surface area contributed by atoms with Crippen molar-refractivity contribution in [2.24, 2.45) is 0 Å². The molecule has 0 atom stereocenters. The second kappa shape index (κ2) is 3.87. The lowest BCUT2D eigenvalue weighted by atomic mass is 10.1. The molecular weight excluding hydrogens is 186 g/mol. The molecule has 0 saturated carbocycles. The van der Waals surface area contributed by atoms with Gasteiger partial charge in [-0.3, -0.25) is 14.9 Å². The second-order valence-electron chi connectivity index (χ2n) is 2.77. The number of nitrogens with zero attached hydrogens (tertiary/aromatic N) is 1. The number of methoxy groups -OCH3 is 1. The van der Waals surface area contributed by atoms with E-state index in [2.05, 4.69) is 0 Å². The maximum Gasteiger partial charge on any atom is 0.311 e. The zero-order valence-corrected chi connectivity index (χ0v) is 7.81. The Bertz CT molecular complexity index is 387. The molecule has 14 heavy (non-hydrogen) atoms. The summed E-state index contributed by atoms with van der Waals surface area (Å²) in [6.07, 6.45) is 0.569. The first kappa shape index (κ1) is 10.2. The third-order valence-corrected chi connectivity index (χ3v) is 1.81. The lowest BCUT2D eigenvalue weighted by Gasteiger charge is -2.05. The Hall–Kier alpha value is -1.91. The van der Waals surface area contributed by atoms with Crippen LogP contribution in [0.25, 0.3) is 0 Å². The van der Waals surface area contributed by atoms with Gasteiger partial charge in [0.25, 0.3) is 0 Å². The van der Waals surface area contributed by atoms with Gasteiger partial charge in [-0.1, -0.05) is 0 Å². The molecule has 1 aromatic carbocycles. The molecule has 74 valence electrons. The molecule has 0 N–H and O–H groups in total. The third-order valence-electron chi connectivity index (χ3n) is 1.81. The van der Waals surface area contributed by atoms with Crippen LogP contribution in [-0.2, 0) is 0 Å². The minimum absolute atomic E-state index is 0.186. The highest BCUT2D eigenvalue weighted by Crippen LogP contribution is 2.31. The Labute approximate surface area is 80.5 Å². The van der Waals surface area contributed by atoms with Crippen molar-refractivity contribution >= 4 is 12.0 Å². The summed E-state index contributed by atoms with van der Waals surface area (Å²) in [6.45, 7) is 1.65. The maximum atomic E-state index is 10.6. The summed E-state index contributed by atoms with van der Waals surface area (Å²) < 4.78 is 4.88. The van der Waals surface area contributed by atoms with Gasteiger partial charge in [0.2, 0.25) is 0 Å². The van der Waals surface area contributed by atoms with Gasteiger partial charge in [0.15, 0.2) is 5.75 Å². The summed E-state index contributed by atoms with van der Waals surface area (Å²) in [7, 11) is 1.36. The van der Waals surface area contributed by atoms with Crippen LogP contribution in [0.15, 0.2) is 12.1 Å². The number of ether oxygens (including phenoxy) is 1. The van der Waals surface area contributed by atoms with Gasteiger partial charge >= 0.3 is 5.69 Å². The Morgan fingerprint density at radius 3 is 2.57 bits per heavy atom. The monoisotopic (exact) mass is 195 g/mol. The Kier molecular flexibility index (Phi) is 2.81. The highest BCUT2D eigenvalue weighted by atomic mass is 16.6. The topological polar surface area (TPSA) is 69.4 Å². The summed E-state index contributed by atoms with van der Waals surface area (Å²) in [5.74, 6) is 0.195. The van der Waals surface area contributed by atoms with E-state index in [1.807, 2.05) is 0 Å². The van der Waals surface area contributed by atoms with E-state index < -0.39 is 4.92 Å². The number of nitro benzene ring substituents is 1. The van der Waals surface area contributed by atoms with Crippen LogP contribution in [0.2, 0.25) is 0 Å². The molecule has 0 aromatic heterocycles. The quantitative estimate of drug-likeness (QED) is 0.418. The predicted octanol–water partition coefficient (Wildman–Crippen LogP) is 1.72. The molecule has 5 heteroatoms. The summed E-state index contributed by atoms with van der Waals surface area (Å²) in [5.41, 5.74) is 0.661. The fraction of sp³-hybridized carbons (Fsp3) is 0.222. The van der Waals surface area contributed by atoms with Crippen molar-refractivity contribution in [2.75, 3.05) is 7.11 Å². The standard InChI is InChI=1S/C9H9NO4/c1-6-3-7(5-11)4-8(10(12)13)9(6)14-2/h3-5H,1-2H3. The first-order valence-corrected chi connectivity index (χ1v) is 3.88. The predicted molar refractivity (Wildman–Crippen MR) is 49.8 cm³/mol. The summed E-state index contributed by atoms with van der Waals surface area (Å²) in [5, 5.41) is 10.6. The molecule has 1 aromatic rings. The van der Waals surface area contributed by atoms with Crippen LogP contribution in [-0.4, -0.2) is 18.3 Å². The summed E-state index contributed by atoms with van der Waals surface area (Å²) in [6, 6.07) is 2.73. The number of nitro groups is 1. The van der Waals surface area contributed by atoms with Gasteiger partial charge in [-0.2, -0.15) is 0 Å². The number of rotatable bonds is 3. The van der Waals surface area contributed by atoms with E-state index >= 15 is 0 Å². The highest BCUT2D eigenvalue weighted by Gasteiger charge is 2.17. The van der Waals surface area contributed by atoms with E-state index in [9.17, 15) is 14.9 Å². The average Bonchev–Trinajstić information content (AvgIpc) is 2.16. The molecule has 0 aliphatic carbocycles. The SMILES string of the molecule is COc1c(C)cc(C=O)cc1[N+](=O)[O-]. The minimum Gasteiger partial charge on any atom is -0.490 e. The van der Waals surface area contributed by atoms with Crippen LogP contribution in [0.1, 0.15) is 15.9 Å². The van der Waals surface area contributed by atoms with Crippen molar-refractivity contribution in [3.05, 3.63) is 33.4 Å². The second-order valence-corrected chi connectivity index (χ2v) is 2.77. The molecule has 0 amide bonds. The highest BCUT2D eigenvalue weighted by molar-refractivity contribution is 5.78. The van der Waals surface area contributed by atoms with Gasteiger partial charge in [0, 0.05) is 11.6 Å². The van der Waals surface area contributed by atoms with Gasteiger partial charge in [0.1, 0.15) is 6.29 Å². The van der Waals surface area contributed by atoms with Gasteiger partial charge in [-0.15, -0.1) is 0 Å². The lowest BCUT2D eigenvalue weighted by molar-refractivity contribution is -0.385. The van der Waals surface area contributed by atoms with Gasteiger partial charge in [0.05, 0.1) is 12.0 Å². The van der Waals surface area contributed by atoms with E-state index in [1.54, 1.807) is 13.0 Å². The first-order chi connectivity index (χ1) is 6.60. The number of carbonyl (C=O) groups excluding carboxylic acids is 1. The van der Waals surface area contributed by atoms with E-state index in [-0.39, 0.29) is 17.0 Å². The van der Waals surface area contributed by atoms with Crippen molar-refractivity contribution in [3.8, 4) is 5.75 Å². The molecular formula is C9H9NO4. The van der Waals surface area contributed by atoms with E-state index in [0.29, 0.717) is 11.8 Å². The van der Waals surface area contributed by atoms with Crippen LogP contribution in [0, 0.1) is 17.0 Å². The maximum absolute atomic E-state index is 10.6. The van der Waals surface area contributed by atoms with E-state index in [4.69, 9.17) is 4.74 Å². The Morgan fingerprint density at radius 1 is 1.50 bits per heavy atom. The fourth-order valence-electron chi connectivity index (χ4n) is 1.25. The first-order valence-electron chi connectivity index (χ1n) is 3.88. The smallest absolute Gasteiger partial charge is 0.311 e. The number of benzene rings is 1. The average molecular weight is 195 g/mol. The van der Waals surface area contributed by atoms with Crippen molar-refractivity contribution in [1.82, 2.24) is 0 Å². The van der Waals surface area contributed by atoms with Crippen molar-refractivity contribution in [3.63, 3.8) is 0 Å². The van der Waals surface area contributed by atoms with Crippen LogP contribution in [0.4, 0.5) is 5.69 Å². The Morgan fingerprint density at radius 2 is 2.14 bits per heavy atom. The normalized spacial score (nSPS) is 9.57. The van der Waals surface area contributed by atoms with Gasteiger partial charge in [-0.25, -0.2) is 0 Å². The molecule has 0 bridgehead atoms. The number of aryl methyl sites for hydroxylation is 1. The third kappa shape index (κ3) is 1.71. The summed E-state index contributed by atoms with van der Waals surface area (Å²) in [4.78, 5) is 20.5. The molecule has 0 saturated heterocycles. The number of aldehydes is 1. The van der Waals surface area contributed by atoms with Crippen LogP contribution in [0.5, 0.6) is 5.75 Å². The molecule has 0 aliphatic rings. The van der Waals surface area contributed by atoms with Crippen LogP contribution >= 0.6 is 0 Å². The molecule has 0 spiro atoms. The van der Waals surface area contributed by atoms with E-state index in [1.165, 1.54) is 13.2 Å². The molecule has 0 aliphatic heterocycles. The molecule has 1 rings (SSSR count). The van der Waals surface area contributed by atoms with Gasteiger partial charge in [-0.05, 0) is 18.6 Å². The molecule has 5 nitrogen and oxygen atoms in total. The molecule has 0 heterocycles. The number of hydrogen-bond donors (Lipinski definition) is 0. The van der Waals surface area contributed by atoms with Crippen molar-refractivity contribution < 1.29 is 14.5 Å². The largest absolute Gasteiger partial charge is 0.490 e. The van der Waals surface area contributed by atoms with Crippen molar-refractivity contribution in [2.45, 2.75) is 6.92 Å². The van der Waals surface area contributed by atoms with Crippen molar-refractivity contribution in [1.29, 1.82) is 0 Å².